The van der Waals surface area contributed by atoms with Gasteiger partial charge in [0.25, 0.3) is 0 Å². The first-order valence-electron chi connectivity index (χ1n) is 37.6. The second-order valence-electron chi connectivity index (χ2n) is 25.6. The number of hydrogen-bond donors (Lipinski definition) is 3. The molecule has 0 saturated heterocycles. The summed E-state index contributed by atoms with van der Waals surface area (Å²) in [6.07, 6.45) is 59.4. The van der Waals surface area contributed by atoms with Crippen LogP contribution in [0.2, 0.25) is 0 Å². The number of unbranched alkanes of at least 4 members (excludes halogenated alkanes) is 43. The number of carbonyl (C=O) groups excluding carboxylic acids is 4. The molecule has 0 aromatic heterocycles. The van der Waals surface area contributed by atoms with E-state index in [2.05, 4.69) is 52.0 Å². The molecule has 19 heteroatoms. The van der Waals surface area contributed by atoms with Gasteiger partial charge in [-0.1, -0.05) is 309 Å². The van der Waals surface area contributed by atoms with E-state index in [1.165, 1.54) is 161 Å². The molecule has 17 nitrogen and oxygen atoms in total. The summed E-state index contributed by atoms with van der Waals surface area (Å²) in [4.78, 5) is 72.4. The van der Waals surface area contributed by atoms with E-state index in [4.69, 9.17) is 37.0 Å². The number of esters is 4. The average Bonchev–Trinajstić information content (AvgIpc) is 2.06. The molecule has 0 aromatic rings. The Morgan fingerprint density at radius 2 is 0.522 bits per heavy atom. The molecule has 0 saturated carbocycles. The summed E-state index contributed by atoms with van der Waals surface area (Å²) in [5.41, 5.74) is 0. The molecule has 0 aromatic carbocycles. The van der Waals surface area contributed by atoms with E-state index >= 15 is 0 Å². The largest absolute Gasteiger partial charge is 0.472 e. The second-order valence-corrected chi connectivity index (χ2v) is 28.6. The maximum Gasteiger partial charge on any atom is 0.472 e. The molecular weight excluding hydrogens is 1210 g/mol. The van der Waals surface area contributed by atoms with Gasteiger partial charge < -0.3 is 33.8 Å². The lowest BCUT2D eigenvalue weighted by Gasteiger charge is -2.21. The van der Waals surface area contributed by atoms with Crippen molar-refractivity contribution in [2.24, 2.45) is 0 Å². The number of allylic oxidation sites excluding steroid dienone is 4. The smallest absolute Gasteiger partial charge is 0.462 e. The molecule has 0 aliphatic heterocycles. The van der Waals surface area contributed by atoms with Crippen LogP contribution in [-0.4, -0.2) is 96.7 Å². The van der Waals surface area contributed by atoms with Crippen LogP contribution in [0.3, 0.4) is 0 Å². The van der Waals surface area contributed by atoms with Gasteiger partial charge in [-0.3, -0.25) is 37.3 Å². The first kappa shape index (κ1) is 89.5. The van der Waals surface area contributed by atoms with Crippen molar-refractivity contribution in [1.82, 2.24) is 0 Å². The molecule has 0 fully saturated rings. The third-order valence-electron chi connectivity index (χ3n) is 16.5. The molecule has 0 heterocycles. The van der Waals surface area contributed by atoms with Gasteiger partial charge in [-0.2, -0.15) is 0 Å². The Balaban J connectivity index is 5.17. The van der Waals surface area contributed by atoms with Crippen molar-refractivity contribution in [3.05, 3.63) is 24.3 Å². The lowest BCUT2D eigenvalue weighted by atomic mass is 10.0. The van der Waals surface area contributed by atoms with Gasteiger partial charge in [-0.05, 0) is 51.4 Å². The van der Waals surface area contributed by atoms with Gasteiger partial charge in [0.05, 0.1) is 26.4 Å². The van der Waals surface area contributed by atoms with Crippen LogP contribution in [0.5, 0.6) is 0 Å². The van der Waals surface area contributed by atoms with Gasteiger partial charge in [-0.25, -0.2) is 9.13 Å². The van der Waals surface area contributed by atoms with E-state index in [0.717, 1.165) is 122 Å². The number of aliphatic hydroxyl groups is 1. The average molecular weight is 1350 g/mol. The number of ether oxygens (including phenoxy) is 4. The zero-order valence-corrected chi connectivity index (χ0v) is 60.8. The minimum absolute atomic E-state index is 0.102. The van der Waals surface area contributed by atoms with E-state index in [1.54, 1.807) is 0 Å². The Bertz CT molecular complexity index is 1850. The minimum Gasteiger partial charge on any atom is -0.462 e. The molecule has 2 unspecified atom stereocenters. The second kappa shape index (κ2) is 67.1. The lowest BCUT2D eigenvalue weighted by Crippen LogP contribution is -2.30. The van der Waals surface area contributed by atoms with Gasteiger partial charge in [0.15, 0.2) is 12.2 Å². The molecule has 0 rings (SSSR count). The van der Waals surface area contributed by atoms with Crippen molar-refractivity contribution >= 4 is 39.5 Å². The quantitative estimate of drug-likeness (QED) is 0.0169. The van der Waals surface area contributed by atoms with Crippen molar-refractivity contribution in [2.45, 2.75) is 380 Å². The van der Waals surface area contributed by atoms with Crippen LogP contribution in [-0.2, 0) is 65.4 Å². The minimum atomic E-state index is -4.96. The van der Waals surface area contributed by atoms with E-state index < -0.39 is 97.5 Å². The summed E-state index contributed by atoms with van der Waals surface area (Å²) in [7, 11) is -9.90. The molecular formula is C73H138O17P2. The highest BCUT2D eigenvalue weighted by molar-refractivity contribution is 7.47. The van der Waals surface area contributed by atoms with Crippen LogP contribution in [0.4, 0.5) is 0 Å². The number of phosphoric acid groups is 2. The molecule has 92 heavy (non-hydrogen) atoms. The van der Waals surface area contributed by atoms with Crippen LogP contribution < -0.4 is 0 Å². The van der Waals surface area contributed by atoms with Crippen LogP contribution in [0, 0.1) is 0 Å². The molecule has 3 N–H and O–H groups in total. The van der Waals surface area contributed by atoms with E-state index in [0.29, 0.717) is 25.7 Å². The highest BCUT2D eigenvalue weighted by Gasteiger charge is 2.30. The normalized spacial score (nSPS) is 14.1. The Morgan fingerprint density at radius 3 is 0.793 bits per heavy atom. The summed E-state index contributed by atoms with van der Waals surface area (Å²) in [5, 5.41) is 10.6. The predicted molar refractivity (Wildman–Crippen MR) is 372 cm³/mol. The number of aliphatic hydroxyl groups excluding tert-OH is 1. The van der Waals surface area contributed by atoms with Crippen molar-refractivity contribution in [2.75, 3.05) is 39.6 Å². The van der Waals surface area contributed by atoms with E-state index in [9.17, 15) is 43.2 Å². The molecule has 0 aliphatic rings. The zero-order valence-electron chi connectivity index (χ0n) is 59.0. The van der Waals surface area contributed by atoms with Crippen molar-refractivity contribution < 1.29 is 80.2 Å². The van der Waals surface area contributed by atoms with Gasteiger partial charge >= 0.3 is 39.5 Å². The molecule has 5 atom stereocenters. The number of rotatable bonds is 72. The van der Waals surface area contributed by atoms with E-state index in [1.807, 2.05) is 0 Å². The van der Waals surface area contributed by atoms with E-state index in [-0.39, 0.29) is 25.7 Å². The summed E-state index contributed by atoms with van der Waals surface area (Å²) in [5.74, 6) is -2.16. The van der Waals surface area contributed by atoms with Gasteiger partial charge in [-0.15, -0.1) is 0 Å². The lowest BCUT2D eigenvalue weighted by molar-refractivity contribution is -0.161. The predicted octanol–water partition coefficient (Wildman–Crippen LogP) is 21.0. The third-order valence-corrected chi connectivity index (χ3v) is 18.4. The first-order valence-corrected chi connectivity index (χ1v) is 40.6. The van der Waals surface area contributed by atoms with Crippen LogP contribution in [0.25, 0.3) is 0 Å². The van der Waals surface area contributed by atoms with Gasteiger partial charge in [0.1, 0.15) is 19.3 Å². The molecule has 542 valence electrons. The summed E-state index contributed by atoms with van der Waals surface area (Å²) in [6, 6.07) is 0. The fourth-order valence-corrected chi connectivity index (χ4v) is 12.3. The fraction of sp³-hybridized carbons (Fsp3) is 0.890. The Hall–Kier alpha value is -2.46. The third kappa shape index (κ3) is 66.2. The van der Waals surface area contributed by atoms with Crippen LogP contribution in [0.1, 0.15) is 362 Å². The van der Waals surface area contributed by atoms with Crippen molar-refractivity contribution in [3.63, 3.8) is 0 Å². The number of hydrogen-bond acceptors (Lipinski definition) is 15. The molecule has 0 spiro atoms. The monoisotopic (exact) mass is 1350 g/mol. The topological polar surface area (TPSA) is 237 Å². The summed E-state index contributed by atoms with van der Waals surface area (Å²) in [6.45, 7) is 4.83. The highest BCUT2D eigenvalue weighted by atomic mass is 31.2. The maximum absolute atomic E-state index is 13.1. The standard InChI is InChI=1S/C73H138O17P2/c1-5-9-13-17-21-24-26-28-30-31-32-33-34-35-37-39-41-44-48-52-56-60-73(78)90-69(64-84-71(76)58-54-50-46-43-40-38-36-29-27-25-22-18-14-10-6-2)66-88-92(81,82)86-62-67(74)61-85-91(79,80)87-65-68(63-83-70(75)57-53-49-45-20-16-12-8-4)89-72(77)59-55-51-47-42-23-19-15-11-7-3/h25,27,29,36,67-69,74H,5-24,26,28,30-35,37-66H2,1-4H3,(H,79,80)(H,81,82)/b27-25-,36-29-/t67-,68+,69+/m0/s1. The highest BCUT2D eigenvalue weighted by Crippen LogP contribution is 2.45. The summed E-state index contributed by atoms with van der Waals surface area (Å²) >= 11 is 0. The molecule has 0 radical (unpaired) electrons. The maximum atomic E-state index is 13.1. The SMILES string of the molecule is CCCCCC/C=C\C=C/CCCCCCCC(=O)OC[C@H](COP(=O)(O)OC[C@@H](O)COP(=O)(O)OC[C@@H](COC(=O)CCCCCCCCC)OC(=O)CCCCCCCCCCC)OC(=O)CCCCCCCCCCCCCCCCCCCCCCC. The van der Waals surface area contributed by atoms with Crippen LogP contribution >= 0.6 is 15.6 Å². The molecule has 0 bridgehead atoms. The van der Waals surface area contributed by atoms with Crippen molar-refractivity contribution in [3.8, 4) is 0 Å². The summed E-state index contributed by atoms with van der Waals surface area (Å²) < 4.78 is 68.1. The molecule has 0 amide bonds. The Labute approximate surface area is 561 Å². The number of carbonyl (C=O) groups is 4. The van der Waals surface area contributed by atoms with Crippen molar-refractivity contribution in [1.29, 1.82) is 0 Å². The van der Waals surface area contributed by atoms with Gasteiger partial charge in [0.2, 0.25) is 0 Å². The Kier molecular flexibility index (Phi) is 65.3. The first-order chi connectivity index (χ1) is 44.7. The van der Waals surface area contributed by atoms with Gasteiger partial charge in [0, 0.05) is 25.7 Å². The molecule has 0 aliphatic carbocycles. The number of phosphoric ester groups is 2. The fourth-order valence-electron chi connectivity index (χ4n) is 10.7. The van der Waals surface area contributed by atoms with Crippen LogP contribution in [0.15, 0.2) is 24.3 Å². The zero-order chi connectivity index (χ0) is 67.5. The Morgan fingerprint density at radius 1 is 0.304 bits per heavy atom.